The molecule has 84 valence electrons. The van der Waals surface area contributed by atoms with E-state index in [1.165, 1.54) is 0 Å². The summed E-state index contributed by atoms with van der Waals surface area (Å²) in [5, 5.41) is 8.64. The number of hydrogen-bond donors (Lipinski definition) is 1. The summed E-state index contributed by atoms with van der Waals surface area (Å²) in [5.74, 6) is 1.06. The third-order valence-electron chi connectivity index (χ3n) is 2.47. The molecule has 0 bridgehead atoms. The SMILES string of the molecule is N#CCCN(c1nc(N)ncc1Br)C1CC1. The minimum Gasteiger partial charge on any atom is -0.368 e. The van der Waals surface area contributed by atoms with Gasteiger partial charge in [0.25, 0.3) is 0 Å². The summed E-state index contributed by atoms with van der Waals surface area (Å²) in [6.45, 7) is 0.691. The normalized spacial score (nSPS) is 14.5. The molecule has 1 heterocycles. The van der Waals surface area contributed by atoms with Crippen molar-refractivity contribution >= 4 is 27.7 Å². The standard InChI is InChI=1S/C10H12BrN5/c11-8-6-14-10(13)15-9(8)16(5-1-4-12)7-2-3-7/h6-7H,1-3,5H2,(H2,13,14,15). The van der Waals surface area contributed by atoms with Gasteiger partial charge in [0.1, 0.15) is 5.82 Å². The van der Waals surface area contributed by atoms with Gasteiger partial charge in [-0.25, -0.2) is 4.98 Å². The van der Waals surface area contributed by atoms with E-state index in [0.29, 0.717) is 19.0 Å². The molecular weight excluding hydrogens is 270 g/mol. The van der Waals surface area contributed by atoms with Crippen molar-refractivity contribution in [2.24, 2.45) is 0 Å². The highest BCUT2D eigenvalue weighted by atomic mass is 79.9. The maximum absolute atomic E-state index is 8.64. The Kier molecular flexibility index (Phi) is 3.25. The predicted octanol–water partition coefficient (Wildman–Crippen LogP) is 1.70. The van der Waals surface area contributed by atoms with Gasteiger partial charge in [-0.3, -0.25) is 0 Å². The molecule has 0 radical (unpaired) electrons. The lowest BCUT2D eigenvalue weighted by Crippen LogP contribution is -2.28. The van der Waals surface area contributed by atoms with Gasteiger partial charge in [0.15, 0.2) is 0 Å². The number of halogens is 1. The lowest BCUT2D eigenvalue weighted by molar-refractivity contribution is 0.774. The van der Waals surface area contributed by atoms with Crippen molar-refractivity contribution in [3.05, 3.63) is 10.7 Å². The first-order chi connectivity index (χ1) is 7.72. The van der Waals surface area contributed by atoms with Gasteiger partial charge < -0.3 is 10.6 Å². The van der Waals surface area contributed by atoms with Crippen LogP contribution in [0.5, 0.6) is 0 Å². The third-order valence-corrected chi connectivity index (χ3v) is 3.03. The van der Waals surface area contributed by atoms with Gasteiger partial charge in [0.05, 0.1) is 17.0 Å². The zero-order valence-electron chi connectivity index (χ0n) is 8.73. The number of anilines is 2. The fourth-order valence-corrected chi connectivity index (χ4v) is 2.01. The first-order valence-corrected chi connectivity index (χ1v) is 5.93. The van der Waals surface area contributed by atoms with E-state index in [0.717, 1.165) is 23.1 Å². The molecule has 1 aliphatic carbocycles. The second kappa shape index (κ2) is 4.66. The van der Waals surface area contributed by atoms with E-state index < -0.39 is 0 Å². The van der Waals surface area contributed by atoms with Crippen LogP contribution in [0.1, 0.15) is 19.3 Å². The van der Waals surface area contributed by atoms with Crippen molar-refractivity contribution in [2.75, 3.05) is 17.2 Å². The monoisotopic (exact) mass is 281 g/mol. The van der Waals surface area contributed by atoms with Crippen LogP contribution in [0, 0.1) is 11.3 Å². The zero-order valence-corrected chi connectivity index (χ0v) is 10.3. The number of nitrogen functional groups attached to an aromatic ring is 1. The van der Waals surface area contributed by atoms with E-state index in [4.69, 9.17) is 11.0 Å². The Morgan fingerprint density at radius 1 is 1.62 bits per heavy atom. The van der Waals surface area contributed by atoms with Crippen LogP contribution in [-0.4, -0.2) is 22.6 Å². The lowest BCUT2D eigenvalue weighted by atomic mass is 10.3. The molecule has 0 spiro atoms. The van der Waals surface area contributed by atoms with Crippen LogP contribution in [0.3, 0.4) is 0 Å². The summed E-state index contributed by atoms with van der Waals surface area (Å²) < 4.78 is 0.825. The summed E-state index contributed by atoms with van der Waals surface area (Å²) in [4.78, 5) is 10.3. The molecule has 1 aliphatic rings. The minimum absolute atomic E-state index is 0.265. The number of hydrogen-bond acceptors (Lipinski definition) is 5. The molecule has 1 aromatic heterocycles. The fourth-order valence-electron chi connectivity index (χ4n) is 1.59. The molecule has 1 aromatic rings. The lowest BCUT2D eigenvalue weighted by Gasteiger charge is -2.23. The number of aromatic nitrogens is 2. The van der Waals surface area contributed by atoms with Crippen molar-refractivity contribution in [3.63, 3.8) is 0 Å². The van der Waals surface area contributed by atoms with Crippen LogP contribution in [0.15, 0.2) is 10.7 Å². The molecule has 0 unspecified atom stereocenters. The maximum atomic E-state index is 8.64. The molecule has 0 aromatic carbocycles. The highest BCUT2D eigenvalue weighted by Gasteiger charge is 2.30. The van der Waals surface area contributed by atoms with Gasteiger partial charge in [0, 0.05) is 18.8 Å². The first-order valence-electron chi connectivity index (χ1n) is 5.14. The van der Waals surface area contributed by atoms with Crippen LogP contribution in [0.25, 0.3) is 0 Å². The number of nitrogens with zero attached hydrogens (tertiary/aromatic N) is 4. The topological polar surface area (TPSA) is 78.8 Å². The van der Waals surface area contributed by atoms with Gasteiger partial charge in [-0.15, -0.1) is 0 Å². The second-order valence-electron chi connectivity index (χ2n) is 3.73. The van der Waals surface area contributed by atoms with E-state index in [-0.39, 0.29) is 5.95 Å². The Balaban J connectivity index is 2.23. The van der Waals surface area contributed by atoms with E-state index in [1.54, 1.807) is 6.20 Å². The smallest absolute Gasteiger partial charge is 0.222 e. The maximum Gasteiger partial charge on any atom is 0.222 e. The highest BCUT2D eigenvalue weighted by molar-refractivity contribution is 9.10. The quantitative estimate of drug-likeness (QED) is 0.909. The van der Waals surface area contributed by atoms with Gasteiger partial charge in [-0.05, 0) is 28.8 Å². The predicted molar refractivity (Wildman–Crippen MR) is 64.7 cm³/mol. The Morgan fingerprint density at radius 2 is 2.38 bits per heavy atom. The molecule has 0 amide bonds. The molecule has 2 rings (SSSR count). The van der Waals surface area contributed by atoms with Crippen molar-refractivity contribution < 1.29 is 0 Å². The molecule has 0 saturated heterocycles. The van der Waals surface area contributed by atoms with E-state index in [9.17, 15) is 0 Å². The molecular formula is C10H12BrN5. The van der Waals surface area contributed by atoms with Gasteiger partial charge >= 0.3 is 0 Å². The summed E-state index contributed by atoms with van der Waals surface area (Å²) in [6.07, 6.45) is 4.45. The van der Waals surface area contributed by atoms with Crippen molar-refractivity contribution in [1.82, 2.24) is 9.97 Å². The number of nitriles is 1. The van der Waals surface area contributed by atoms with Crippen molar-refractivity contribution in [2.45, 2.75) is 25.3 Å². The fraction of sp³-hybridized carbons (Fsp3) is 0.500. The molecule has 5 nitrogen and oxygen atoms in total. The van der Waals surface area contributed by atoms with Gasteiger partial charge in [-0.1, -0.05) is 0 Å². The molecule has 1 fully saturated rings. The molecule has 1 saturated carbocycles. The first kappa shape index (κ1) is 11.1. The van der Waals surface area contributed by atoms with Gasteiger partial charge in [-0.2, -0.15) is 10.2 Å². The van der Waals surface area contributed by atoms with Crippen LogP contribution in [-0.2, 0) is 0 Å². The van der Waals surface area contributed by atoms with E-state index in [1.807, 2.05) is 0 Å². The Hall–Kier alpha value is -1.35. The number of nitrogens with two attached hydrogens (primary N) is 1. The summed E-state index contributed by atoms with van der Waals surface area (Å²) >= 11 is 3.41. The van der Waals surface area contributed by atoms with E-state index >= 15 is 0 Å². The van der Waals surface area contributed by atoms with Crippen LogP contribution >= 0.6 is 15.9 Å². The van der Waals surface area contributed by atoms with Crippen LogP contribution in [0.2, 0.25) is 0 Å². The molecule has 2 N–H and O–H groups in total. The minimum atomic E-state index is 0.265. The summed E-state index contributed by atoms with van der Waals surface area (Å²) in [7, 11) is 0. The number of rotatable bonds is 4. The summed E-state index contributed by atoms with van der Waals surface area (Å²) in [6, 6.07) is 2.65. The molecule has 0 aliphatic heterocycles. The summed E-state index contributed by atoms with van der Waals surface area (Å²) in [5.41, 5.74) is 5.58. The Labute approximate surface area is 102 Å². The highest BCUT2D eigenvalue weighted by Crippen LogP contribution is 2.34. The zero-order chi connectivity index (χ0) is 11.5. The Morgan fingerprint density at radius 3 is 3.00 bits per heavy atom. The van der Waals surface area contributed by atoms with Gasteiger partial charge in [0.2, 0.25) is 5.95 Å². The molecule has 0 atom stereocenters. The van der Waals surface area contributed by atoms with E-state index in [2.05, 4.69) is 36.9 Å². The molecule has 16 heavy (non-hydrogen) atoms. The van der Waals surface area contributed by atoms with Crippen molar-refractivity contribution in [3.8, 4) is 6.07 Å². The second-order valence-corrected chi connectivity index (χ2v) is 4.59. The van der Waals surface area contributed by atoms with Crippen LogP contribution < -0.4 is 10.6 Å². The van der Waals surface area contributed by atoms with Crippen LogP contribution in [0.4, 0.5) is 11.8 Å². The largest absolute Gasteiger partial charge is 0.368 e. The average Bonchev–Trinajstić information content (AvgIpc) is 3.08. The third kappa shape index (κ3) is 2.42. The van der Waals surface area contributed by atoms with Crippen molar-refractivity contribution in [1.29, 1.82) is 5.26 Å². The average molecular weight is 282 g/mol. The Bertz CT molecular complexity index is 424. The molecule has 6 heteroatoms.